The summed E-state index contributed by atoms with van der Waals surface area (Å²) in [6, 6.07) is 4.66. The zero-order valence-electron chi connectivity index (χ0n) is 11.3. The topological polar surface area (TPSA) is 58.6 Å². The van der Waals surface area contributed by atoms with Crippen molar-refractivity contribution in [3.63, 3.8) is 0 Å². The van der Waals surface area contributed by atoms with Gasteiger partial charge in [0.25, 0.3) is 0 Å². The monoisotopic (exact) mass is 296 g/mol. The number of likely N-dealkylation sites (N-methyl/N-ethyl adjacent to an activating group) is 1. The number of halogens is 1. The lowest BCUT2D eigenvalue weighted by atomic mass is 10.1. The number of carbonyl (C=O) groups excluding carboxylic acids is 2. The minimum Gasteiger partial charge on any atom is -0.377 e. The summed E-state index contributed by atoms with van der Waals surface area (Å²) in [6.45, 7) is 3.71. The van der Waals surface area contributed by atoms with Gasteiger partial charge in [-0.1, -0.05) is 17.7 Å². The SMILES string of the molecule is CCNC(=O)C1COCCN1c1c(Cl)cccc1C=O. The predicted octanol–water partition coefficient (Wildman–Crippen LogP) is 1.49. The van der Waals surface area contributed by atoms with Gasteiger partial charge in [0.2, 0.25) is 5.91 Å². The fourth-order valence-electron chi connectivity index (χ4n) is 2.31. The van der Waals surface area contributed by atoms with Gasteiger partial charge in [-0.15, -0.1) is 0 Å². The average Bonchev–Trinajstić information content (AvgIpc) is 2.47. The summed E-state index contributed by atoms with van der Waals surface area (Å²) in [5.74, 6) is -0.121. The fourth-order valence-corrected chi connectivity index (χ4v) is 2.60. The Hall–Kier alpha value is -1.59. The van der Waals surface area contributed by atoms with Gasteiger partial charge in [-0.25, -0.2) is 0 Å². The molecule has 2 rings (SSSR count). The minimum absolute atomic E-state index is 0.121. The number of benzene rings is 1. The van der Waals surface area contributed by atoms with Gasteiger partial charge >= 0.3 is 0 Å². The van der Waals surface area contributed by atoms with Crippen LogP contribution in [0.5, 0.6) is 0 Å². The van der Waals surface area contributed by atoms with E-state index in [0.29, 0.717) is 36.0 Å². The zero-order chi connectivity index (χ0) is 14.5. The quantitative estimate of drug-likeness (QED) is 0.855. The van der Waals surface area contributed by atoms with E-state index in [4.69, 9.17) is 16.3 Å². The Balaban J connectivity index is 2.37. The van der Waals surface area contributed by atoms with Crippen molar-refractivity contribution in [3.05, 3.63) is 28.8 Å². The molecule has 0 saturated carbocycles. The van der Waals surface area contributed by atoms with Gasteiger partial charge in [0.15, 0.2) is 6.29 Å². The van der Waals surface area contributed by atoms with E-state index < -0.39 is 6.04 Å². The highest BCUT2D eigenvalue weighted by Gasteiger charge is 2.31. The summed E-state index contributed by atoms with van der Waals surface area (Å²) in [4.78, 5) is 25.2. The molecule has 1 saturated heterocycles. The number of carbonyl (C=O) groups is 2. The third-order valence-electron chi connectivity index (χ3n) is 3.21. The van der Waals surface area contributed by atoms with Crippen LogP contribution >= 0.6 is 11.6 Å². The number of ether oxygens (including phenoxy) is 1. The molecule has 0 bridgehead atoms. The molecule has 20 heavy (non-hydrogen) atoms. The first-order chi connectivity index (χ1) is 9.69. The summed E-state index contributed by atoms with van der Waals surface area (Å²) >= 11 is 6.22. The lowest BCUT2D eigenvalue weighted by Gasteiger charge is -2.37. The van der Waals surface area contributed by atoms with E-state index in [0.717, 1.165) is 6.29 Å². The molecule has 6 heteroatoms. The Bertz CT molecular complexity index is 507. The molecule has 1 aliphatic heterocycles. The second kappa shape index (κ2) is 6.72. The van der Waals surface area contributed by atoms with Crippen LogP contribution in [-0.2, 0) is 9.53 Å². The van der Waals surface area contributed by atoms with Gasteiger partial charge in [0.05, 0.1) is 23.9 Å². The summed E-state index contributed by atoms with van der Waals surface area (Å²) in [5.41, 5.74) is 1.08. The molecule has 0 radical (unpaired) electrons. The van der Waals surface area contributed by atoms with Crippen molar-refractivity contribution in [3.8, 4) is 0 Å². The highest BCUT2D eigenvalue weighted by Crippen LogP contribution is 2.31. The highest BCUT2D eigenvalue weighted by molar-refractivity contribution is 6.34. The third kappa shape index (κ3) is 2.94. The van der Waals surface area contributed by atoms with Crippen molar-refractivity contribution in [2.75, 3.05) is 31.2 Å². The van der Waals surface area contributed by atoms with Gasteiger partial charge in [-0.05, 0) is 19.1 Å². The molecular weight excluding hydrogens is 280 g/mol. The van der Waals surface area contributed by atoms with E-state index in [1.807, 2.05) is 11.8 Å². The average molecular weight is 297 g/mol. The van der Waals surface area contributed by atoms with Crippen molar-refractivity contribution < 1.29 is 14.3 Å². The van der Waals surface area contributed by atoms with Crippen molar-refractivity contribution in [2.24, 2.45) is 0 Å². The van der Waals surface area contributed by atoms with Crippen LogP contribution in [-0.4, -0.2) is 44.5 Å². The van der Waals surface area contributed by atoms with E-state index in [1.165, 1.54) is 0 Å². The van der Waals surface area contributed by atoms with Crippen molar-refractivity contribution in [2.45, 2.75) is 13.0 Å². The van der Waals surface area contributed by atoms with Crippen LogP contribution in [0.4, 0.5) is 5.69 Å². The van der Waals surface area contributed by atoms with Gasteiger partial charge < -0.3 is 15.0 Å². The number of morpholine rings is 1. The standard InChI is InChI=1S/C14H17ClN2O3/c1-2-16-14(19)12-9-20-7-6-17(12)13-10(8-18)4-3-5-11(13)15/h3-5,8,12H,2,6-7,9H2,1H3,(H,16,19). The van der Waals surface area contributed by atoms with E-state index in [1.54, 1.807) is 18.2 Å². The van der Waals surface area contributed by atoms with Crippen LogP contribution in [0.3, 0.4) is 0 Å². The normalized spacial score (nSPS) is 18.7. The summed E-state index contributed by atoms with van der Waals surface area (Å²) < 4.78 is 5.38. The minimum atomic E-state index is -0.470. The Kier molecular flexibility index (Phi) is 4.98. The summed E-state index contributed by atoms with van der Waals surface area (Å²) in [5, 5.41) is 3.24. The number of hydrogen-bond acceptors (Lipinski definition) is 4. The number of amides is 1. The number of anilines is 1. The highest BCUT2D eigenvalue weighted by atomic mass is 35.5. The lowest BCUT2D eigenvalue weighted by Crippen LogP contribution is -2.54. The van der Waals surface area contributed by atoms with Crippen LogP contribution in [0.25, 0.3) is 0 Å². The second-order valence-electron chi connectivity index (χ2n) is 4.47. The first kappa shape index (κ1) is 14.8. The molecule has 0 spiro atoms. The fraction of sp³-hybridized carbons (Fsp3) is 0.429. The van der Waals surface area contributed by atoms with E-state index >= 15 is 0 Å². The van der Waals surface area contributed by atoms with Crippen LogP contribution in [0.15, 0.2) is 18.2 Å². The molecule has 0 aliphatic carbocycles. The molecular formula is C14H17ClN2O3. The second-order valence-corrected chi connectivity index (χ2v) is 4.88. The lowest BCUT2D eigenvalue weighted by molar-refractivity contribution is -0.124. The smallest absolute Gasteiger partial charge is 0.245 e. The molecule has 1 atom stereocenters. The number of para-hydroxylation sites is 1. The van der Waals surface area contributed by atoms with E-state index in [9.17, 15) is 9.59 Å². The number of nitrogens with zero attached hydrogens (tertiary/aromatic N) is 1. The molecule has 108 valence electrons. The Morgan fingerprint density at radius 1 is 1.60 bits per heavy atom. The number of aldehydes is 1. The van der Waals surface area contributed by atoms with Crippen molar-refractivity contribution in [1.29, 1.82) is 0 Å². The maximum atomic E-state index is 12.1. The molecule has 1 unspecified atom stereocenters. The van der Waals surface area contributed by atoms with E-state index in [2.05, 4.69) is 5.32 Å². The maximum Gasteiger partial charge on any atom is 0.245 e. The number of rotatable bonds is 4. The molecule has 1 amide bonds. The van der Waals surface area contributed by atoms with Crippen LogP contribution < -0.4 is 10.2 Å². The molecule has 1 N–H and O–H groups in total. The molecule has 1 fully saturated rings. The first-order valence-corrected chi connectivity index (χ1v) is 6.92. The molecule has 1 aromatic carbocycles. The number of hydrogen-bond donors (Lipinski definition) is 1. The molecule has 0 aromatic heterocycles. The molecule has 1 heterocycles. The van der Waals surface area contributed by atoms with Crippen molar-refractivity contribution in [1.82, 2.24) is 5.32 Å². The van der Waals surface area contributed by atoms with Gasteiger partial charge in [-0.2, -0.15) is 0 Å². The third-order valence-corrected chi connectivity index (χ3v) is 3.52. The van der Waals surface area contributed by atoms with Crippen LogP contribution in [0.2, 0.25) is 5.02 Å². The molecule has 5 nitrogen and oxygen atoms in total. The van der Waals surface area contributed by atoms with E-state index in [-0.39, 0.29) is 12.5 Å². The van der Waals surface area contributed by atoms with Gasteiger partial charge in [0.1, 0.15) is 6.04 Å². The van der Waals surface area contributed by atoms with Crippen LogP contribution in [0, 0.1) is 0 Å². The zero-order valence-corrected chi connectivity index (χ0v) is 12.0. The summed E-state index contributed by atoms with van der Waals surface area (Å²) in [6.07, 6.45) is 0.755. The predicted molar refractivity (Wildman–Crippen MR) is 77.5 cm³/mol. The van der Waals surface area contributed by atoms with Gasteiger partial charge in [-0.3, -0.25) is 9.59 Å². The van der Waals surface area contributed by atoms with Gasteiger partial charge in [0, 0.05) is 18.7 Å². The largest absolute Gasteiger partial charge is 0.377 e. The molecule has 1 aromatic rings. The maximum absolute atomic E-state index is 12.1. The Morgan fingerprint density at radius 3 is 3.10 bits per heavy atom. The Labute approximate surface area is 122 Å². The van der Waals surface area contributed by atoms with Crippen LogP contribution in [0.1, 0.15) is 17.3 Å². The summed E-state index contributed by atoms with van der Waals surface area (Å²) in [7, 11) is 0. The first-order valence-electron chi connectivity index (χ1n) is 6.54. The number of nitrogens with one attached hydrogen (secondary N) is 1. The molecule has 1 aliphatic rings. The Morgan fingerprint density at radius 2 is 2.40 bits per heavy atom. The van der Waals surface area contributed by atoms with Crippen molar-refractivity contribution >= 4 is 29.5 Å².